The molecule has 0 aliphatic rings. The molecule has 2 aromatic rings. The average Bonchev–Trinajstić information content (AvgIpc) is 2.74. The van der Waals surface area contributed by atoms with Crippen molar-refractivity contribution in [2.24, 2.45) is 0 Å². The number of aliphatic hydroxyl groups excluding tert-OH is 1. The van der Waals surface area contributed by atoms with E-state index in [-0.39, 0.29) is 6.61 Å². The molecule has 19 heavy (non-hydrogen) atoms. The zero-order valence-electron chi connectivity index (χ0n) is 11.5. The van der Waals surface area contributed by atoms with Crippen LogP contribution >= 0.6 is 11.8 Å². The molecule has 2 rings (SSSR count). The molecule has 104 valence electrons. The molecule has 2 aromatic heterocycles. The molecule has 0 unspecified atom stereocenters. The van der Waals surface area contributed by atoms with E-state index in [0.717, 1.165) is 29.4 Å². The minimum absolute atomic E-state index is 0.236. The molecule has 0 saturated heterocycles. The van der Waals surface area contributed by atoms with Crippen LogP contribution in [0.2, 0.25) is 0 Å². The topological polar surface area (TPSA) is 49.6 Å². The van der Waals surface area contributed by atoms with Crippen molar-refractivity contribution in [2.75, 3.05) is 12.4 Å². The van der Waals surface area contributed by atoms with Crippen molar-refractivity contribution in [3.05, 3.63) is 30.1 Å². The Morgan fingerprint density at radius 3 is 3.00 bits per heavy atom. The van der Waals surface area contributed by atoms with Crippen molar-refractivity contribution in [2.45, 2.75) is 37.9 Å². The van der Waals surface area contributed by atoms with E-state index in [4.69, 9.17) is 5.11 Å². The van der Waals surface area contributed by atoms with Crippen LogP contribution in [-0.4, -0.2) is 32.9 Å². The fourth-order valence-corrected chi connectivity index (χ4v) is 2.80. The van der Waals surface area contributed by atoms with Gasteiger partial charge in [-0.1, -0.05) is 19.9 Å². The van der Waals surface area contributed by atoms with E-state index in [2.05, 4.69) is 34.7 Å². The van der Waals surface area contributed by atoms with Crippen molar-refractivity contribution in [1.82, 2.24) is 14.7 Å². The van der Waals surface area contributed by atoms with Crippen LogP contribution in [0.1, 0.15) is 26.0 Å². The van der Waals surface area contributed by atoms with Gasteiger partial charge in [-0.15, -0.1) is 11.8 Å². The highest BCUT2D eigenvalue weighted by atomic mass is 32.2. The Bertz CT molecular complexity index is 524. The maximum Gasteiger partial charge on any atom is 0.138 e. The highest BCUT2D eigenvalue weighted by Gasteiger charge is 2.12. The van der Waals surface area contributed by atoms with Crippen LogP contribution in [0, 0.1) is 0 Å². The first-order valence-electron chi connectivity index (χ1n) is 6.65. The summed E-state index contributed by atoms with van der Waals surface area (Å²) in [5.41, 5.74) is 2.18. The number of hydrogen-bond acceptors (Lipinski definition) is 4. The third-order valence-corrected chi connectivity index (χ3v) is 3.90. The van der Waals surface area contributed by atoms with Gasteiger partial charge in [0.15, 0.2) is 0 Å². The molecule has 0 aromatic carbocycles. The van der Waals surface area contributed by atoms with Gasteiger partial charge in [0.1, 0.15) is 10.7 Å². The summed E-state index contributed by atoms with van der Waals surface area (Å²) in [6, 6.07) is 6.50. The van der Waals surface area contributed by atoms with Crippen molar-refractivity contribution in [3.63, 3.8) is 0 Å². The van der Waals surface area contributed by atoms with E-state index in [9.17, 15) is 0 Å². The third-order valence-electron chi connectivity index (χ3n) is 2.81. The van der Waals surface area contributed by atoms with E-state index in [1.54, 1.807) is 11.8 Å². The molecule has 0 fully saturated rings. The van der Waals surface area contributed by atoms with Gasteiger partial charge in [-0.05, 0) is 18.6 Å². The highest BCUT2D eigenvalue weighted by Crippen LogP contribution is 2.24. The van der Waals surface area contributed by atoms with Gasteiger partial charge in [0.05, 0.1) is 5.69 Å². The Morgan fingerprint density at radius 1 is 1.42 bits per heavy atom. The SMILES string of the molecule is CC(C)NCc1c(SCCCO)nc2ccccn12. The summed E-state index contributed by atoms with van der Waals surface area (Å²) >= 11 is 1.72. The van der Waals surface area contributed by atoms with Crippen molar-refractivity contribution in [3.8, 4) is 0 Å². The fraction of sp³-hybridized carbons (Fsp3) is 0.500. The molecule has 0 saturated carbocycles. The van der Waals surface area contributed by atoms with Gasteiger partial charge < -0.3 is 14.8 Å². The molecule has 0 aliphatic heterocycles. The normalized spacial score (nSPS) is 11.6. The predicted octanol–water partition coefficient (Wildman–Crippen LogP) is 2.31. The van der Waals surface area contributed by atoms with Crippen molar-refractivity contribution in [1.29, 1.82) is 0 Å². The highest BCUT2D eigenvalue weighted by molar-refractivity contribution is 7.99. The number of pyridine rings is 1. The lowest BCUT2D eigenvalue weighted by Crippen LogP contribution is -2.23. The number of fused-ring (bicyclic) bond motifs is 1. The average molecular weight is 279 g/mol. The van der Waals surface area contributed by atoms with Crippen LogP contribution in [0.5, 0.6) is 0 Å². The Balaban J connectivity index is 2.23. The molecule has 0 atom stereocenters. The lowest BCUT2D eigenvalue weighted by atomic mass is 10.3. The number of rotatable bonds is 7. The quantitative estimate of drug-likeness (QED) is 0.603. The lowest BCUT2D eigenvalue weighted by Gasteiger charge is -2.09. The zero-order chi connectivity index (χ0) is 13.7. The summed E-state index contributed by atoms with van der Waals surface area (Å²) in [5, 5.41) is 13.4. The second kappa shape index (κ2) is 6.93. The lowest BCUT2D eigenvalue weighted by molar-refractivity contribution is 0.296. The van der Waals surface area contributed by atoms with Gasteiger partial charge in [0.2, 0.25) is 0 Å². The maximum absolute atomic E-state index is 8.88. The molecule has 0 bridgehead atoms. The van der Waals surface area contributed by atoms with Gasteiger partial charge in [0, 0.05) is 31.1 Å². The largest absolute Gasteiger partial charge is 0.396 e. The number of hydrogen-bond donors (Lipinski definition) is 2. The smallest absolute Gasteiger partial charge is 0.138 e. The molecular formula is C14H21N3OS. The van der Waals surface area contributed by atoms with E-state index < -0.39 is 0 Å². The minimum Gasteiger partial charge on any atom is -0.396 e. The summed E-state index contributed by atoms with van der Waals surface area (Å²) in [7, 11) is 0. The molecular weight excluding hydrogens is 258 g/mol. The zero-order valence-corrected chi connectivity index (χ0v) is 12.3. The van der Waals surface area contributed by atoms with Crippen LogP contribution in [0.3, 0.4) is 0 Å². The molecule has 2 N–H and O–H groups in total. The minimum atomic E-state index is 0.236. The van der Waals surface area contributed by atoms with Gasteiger partial charge in [-0.25, -0.2) is 4.98 Å². The van der Waals surface area contributed by atoms with Crippen molar-refractivity contribution >= 4 is 17.4 Å². The fourth-order valence-electron chi connectivity index (χ4n) is 1.84. The number of imidazole rings is 1. The molecule has 0 radical (unpaired) electrons. The molecule has 0 spiro atoms. The van der Waals surface area contributed by atoms with Gasteiger partial charge in [-0.2, -0.15) is 0 Å². The van der Waals surface area contributed by atoms with E-state index in [0.29, 0.717) is 6.04 Å². The molecule has 0 aliphatic carbocycles. The van der Waals surface area contributed by atoms with E-state index in [1.165, 1.54) is 5.69 Å². The van der Waals surface area contributed by atoms with Crippen LogP contribution in [0.4, 0.5) is 0 Å². The third kappa shape index (κ3) is 3.72. The van der Waals surface area contributed by atoms with Gasteiger partial charge >= 0.3 is 0 Å². The Morgan fingerprint density at radius 2 is 2.26 bits per heavy atom. The van der Waals surface area contributed by atoms with E-state index in [1.807, 2.05) is 18.2 Å². The first kappa shape index (κ1) is 14.4. The standard InChI is InChI=1S/C14H21N3OS/c1-11(2)15-10-12-14(19-9-5-8-18)16-13-6-3-4-7-17(12)13/h3-4,6-7,11,15,18H,5,8-10H2,1-2H3. The molecule has 5 heteroatoms. The first-order valence-corrected chi connectivity index (χ1v) is 7.64. The van der Waals surface area contributed by atoms with Gasteiger partial charge in [0.25, 0.3) is 0 Å². The maximum atomic E-state index is 8.88. The number of aliphatic hydroxyl groups is 1. The Hall–Kier alpha value is -1.04. The molecule has 0 amide bonds. The summed E-state index contributed by atoms with van der Waals surface area (Å²) in [6.45, 7) is 5.33. The van der Waals surface area contributed by atoms with Crippen molar-refractivity contribution < 1.29 is 5.11 Å². The molecule has 4 nitrogen and oxygen atoms in total. The Labute approximate surface area is 118 Å². The van der Waals surface area contributed by atoms with Crippen LogP contribution in [0.15, 0.2) is 29.4 Å². The van der Waals surface area contributed by atoms with Gasteiger partial charge in [-0.3, -0.25) is 0 Å². The second-order valence-electron chi connectivity index (χ2n) is 4.75. The Kier molecular flexibility index (Phi) is 5.24. The predicted molar refractivity (Wildman–Crippen MR) is 79.6 cm³/mol. The van der Waals surface area contributed by atoms with Crippen LogP contribution in [-0.2, 0) is 6.54 Å². The number of aromatic nitrogens is 2. The van der Waals surface area contributed by atoms with E-state index >= 15 is 0 Å². The molecule has 2 heterocycles. The summed E-state index contributed by atoms with van der Waals surface area (Å²) < 4.78 is 2.14. The summed E-state index contributed by atoms with van der Waals surface area (Å²) in [5.74, 6) is 0.898. The number of thioether (sulfide) groups is 1. The first-order chi connectivity index (χ1) is 9.22. The number of nitrogens with one attached hydrogen (secondary N) is 1. The summed E-state index contributed by atoms with van der Waals surface area (Å²) in [4.78, 5) is 4.67. The summed E-state index contributed by atoms with van der Waals surface area (Å²) in [6.07, 6.45) is 2.85. The monoisotopic (exact) mass is 279 g/mol. The number of nitrogens with zero attached hydrogens (tertiary/aromatic N) is 2. The second-order valence-corrected chi connectivity index (χ2v) is 5.84. The van der Waals surface area contributed by atoms with Crippen LogP contribution < -0.4 is 5.32 Å². The van der Waals surface area contributed by atoms with Crippen LogP contribution in [0.25, 0.3) is 5.65 Å².